The standard InChI is InChI=1S/C19H30N4O2.HI/c1-3-25-15-7-13-22-19(20-2)21-12-6-10-18(24)23-14-11-16-8-4-5-9-17(16)23;/h4-5,8-9H,3,6-7,10-15H2,1-2H3,(H2,20,21,22);1H. The SMILES string of the molecule is CCOCCCNC(=NC)NCCCC(=O)N1CCc2ccccc21.I. The fourth-order valence-electron chi connectivity index (χ4n) is 2.92. The molecule has 1 aromatic carbocycles. The number of fused-ring (bicyclic) bond motifs is 1. The number of anilines is 1. The summed E-state index contributed by atoms with van der Waals surface area (Å²) in [7, 11) is 1.75. The van der Waals surface area contributed by atoms with Crippen molar-refractivity contribution in [3.63, 3.8) is 0 Å². The number of benzene rings is 1. The van der Waals surface area contributed by atoms with E-state index in [9.17, 15) is 4.79 Å². The van der Waals surface area contributed by atoms with E-state index in [1.807, 2.05) is 30.0 Å². The number of hydrogen-bond donors (Lipinski definition) is 2. The molecular formula is C19H31IN4O2. The largest absolute Gasteiger partial charge is 0.382 e. The molecule has 7 heteroatoms. The molecule has 1 aliphatic rings. The highest BCUT2D eigenvalue weighted by molar-refractivity contribution is 14.0. The second-order valence-electron chi connectivity index (χ2n) is 6.00. The van der Waals surface area contributed by atoms with Gasteiger partial charge in [-0.1, -0.05) is 18.2 Å². The Labute approximate surface area is 173 Å². The maximum Gasteiger partial charge on any atom is 0.227 e. The molecule has 0 fully saturated rings. The number of carbonyl (C=O) groups is 1. The van der Waals surface area contributed by atoms with E-state index in [-0.39, 0.29) is 29.9 Å². The molecule has 26 heavy (non-hydrogen) atoms. The van der Waals surface area contributed by atoms with E-state index < -0.39 is 0 Å². The molecule has 6 nitrogen and oxygen atoms in total. The molecule has 0 unspecified atom stereocenters. The lowest BCUT2D eigenvalue weighted by atomic mass is 10.2. The molecule has 146 valence electrons. The van der Waals surface area contributed by atoms with Crippen molar-refractivity contribution >= 4 is 41.5 Å². The third-order valence-corrected chi connectivity index (χ3v) is 4.23. The molecule has 2 rings (SSSR count). The van der Waals surface area contributed by atoms with Crippen LogP contribution >= 0.6 is 24.0 Å². The van der Waals surface area contributed by atoms with E-state index in [1.165, 1.54) is 5.56 Å². The molecule has 0 aromatic heterocycles. The van der Waals surface area contributed by atoms with Crippen LogP contribution in [0.15, 0.2) is 29.3 Å². The summed E-state index contributed by atoms with van der Waals surface area (Å²) < 4.78 is 5.31. The molecule has 0 spiro atoms. The average Bonchev–Trinajstić information content (AvgIpc) is 3.07. The van der Waals surface area contributed by atoms with Gasteiger partial charge in [0.05, 0.1) is 0 Å². The van der Waals surface area contributed by atoms with Gasteiger partial charge in [-0.2, -0.15) is 0 Å². The van der Waals surface area contributed by atoms with Crippen molar-refractivity contribution < 1.29 is 9.53 Å². The Morgan fingerprint density at radius 3 is 2.69 bits per heavy atom. The van der Waals surface area contributed by atoms with Crippen molar-refractivity contribution in [1.29, 1.82) is 0 Å². The Bertz CT molecular complexity index is 580. The topological polar surface area (TPSA) is 66.0 Å². The molecule has 0 saturated heterocycles. The van der Waals surface area contributed by atoms with E-state index in [0.29, 0.717) is 6.42 Å². The minimum atomic E-state index is 0. The first kappa shape index (κ1) is 22.7. The molecule has 0 saturated carbocycles. The summed E-state index contributed by atoms with van der Waals surface area (Å²) in [5, 5.41) is 6.50. The molecular weight excluding hydrogens is 443 g/mol. The van der Waals surface area contributed by atoms with Gasteiger partial charge in [-0.05, 0) is 37.8 Å². The second-order valence-corrected chi connectivity index (χ2v) is 6.00. The lowest BCUT2D eigenvalue weighted by molar-refractivity contribution is -0.118. The number of hydrogen-bond acceptors (Lipinski definition) is 3. The smallest absolute Gasteiger partial charge is 0.227 e. The molecule has 0 atom stereocenters. The number of halogens is 1. The molecule has 0 radical (unpaired) electrons. The maximum absolute atomic E-state index is 12.4. The van der Waals surface area contributed by atoms with Crippen LogP contribution in [0.25, 0.3) is 0 Å². The highest BCUT2D eigenvalue weighted by Crippen LogP contribution is 2.27. The number of carbonyl (C=O) groups excluding carboxylic acids is 1. The van der Waals surface area contributed by atoms with Crippen LogP contribution < -0.4 is 15.5 Å². The van der Waals surface area contributed by atoms with Crippen LogP contribution in [0.3, 0.4) is 0 Å². The van der Waals surface area contributed by atoms with Gasteiger partial charge in [0.25, 0.3) is 0 Å². The van der Waals surface area contributed by atoms with Crippen LogP contribution in [0, 0.1) is 0 Å². The van der Waals surface area contributed by atoms with Crippen molar-refractivity contribution in [2.75, 3.05) is 44.8 Å². The van der Waals surface area contributed by atoms with Gasteiger partial charge in [-0.3, -0.25) is 9.79 Å². The number of para-hydroxylation sites is 1. The Kier molecular flexibility index (Phi) is 11.3. The van der Waals surface area contributed by atoms with Gasteiger partial charge in [0.15, 0.2) is 5.96 Å². The number of rotatable bonds is 9. The normalized spacial score (nSPS) is 13.2. The van der Waals surface area contributed by atoms with Crippen LogP contribution in [0.1, 0.15) is 31.7 Å². The molecule has 1 aromatic rings. The van der Waals surface area contributed by atoms with Crippen LogP contribution in [0.2, 0.25) is 0 Å². The van der Waals surface area contributed by atoms with Crippen LogP contribution in [-0.2, 0) is 16.0 Å². The van der Waals surface area contributed by atoms with Crippen LogP contribution in [0.5, 0.6) is 0 Å². The molecule has 1 aliphatic heterocycles. The summed E-state index contributed by atoms with van der Waals surface area (Å²) in [6.45, 7) is 5.86. The minimum Gasteiger partial charge on any atom is -0.382 e. The van der Waals surface area contributed by atoms with Gasteiger partial charge < -0.3 is 20.3 Å². The molecule has 0 aliphatic carbocycles. The van der Waals surface area contributed by atoms with Gasteiger partial charge in [-0.25, -0.2) is 0 Å². The summed E-state index contributed by atoms with van der Waals surface area (Å²) in [5.74, 6) is 0.974. The van der Waals surface area contributed by atoms with Crippen molar-refractivity contribution in [2.24, 2.45) is 4.99 Å². The number of amides is 1. The zero-order valence-corrected chi connectivity index (χ0v) is 18.1. The number of aliphatic imine (C=N–C) groups is 1. The van der Waals surface area contributed by atoms with E-state index in [2.05, 4.69) is 21.7 Å². The van der Waals surface area contributed by atoms with Gasteiger partial charge in [0.2, 0.25) is 5.91 Å². The van der Waals surface area contributed by atoms with E-state index in [1.54, 1.807) is 7.05 Å². The van der Waals surface area contributed by atoms with Crippen molar-refractivity contribution in [2.45, 2.75) is 32.6 Å². The lowest BCUT2D eigenvalue weighted by Crippen LogP contribution is -2.39. The fourth-order valence-corrected chi connectivity index (χ4v) is 2.92. The lowest BCUT2D eigenvalue weighted by Gasteiger charge is -2.17. The quantitative estimate of drug-likeness (QED) is 0.250. The maximum atomic E-state index is 12.4. The first-order valence-corrected chi connectivity index (χ1v) is 9.16. The molecule has 1 amide bonds. The monoisotopic (exact) mass is 474 g/mol. The minimum absolute atomic E-state index is 0. The molecule has 0 bridgehead atoms. The first-order chi connectivity index (χ1) is 12.3. The third kappa shape index (κ3) is 7.11. The van der Waals surface area contributed by atoms with Crippen molar-refractivity contribution in [3.8, 4) is 0 Å². The summed E-state index contributed by atoms with van der Waals surface area (Å²) in [6.07, 6.45) is 3.24. The van der Waals surface area contributed by atoms with E-state index >= 15 is 0 Å². The van der Waals surface area contributed by atoms with Crippen molar-refractivity contribution in [3.05, 3.63) is 29.8 Å². The highest BCUT2D eigenvalue weighted by Gasteiger charge is 2.23. The number of guanidine groups is 1. The zero-order chi connectivity index (χ0) is 17.9. The number of ether oxygens (including phenoxy) is 1. The molecule has 2 N–H and O–H groups in total. The fraction of sp³-hybridized carbons (Fsp3) is 0.579. The molecule has 1 heterocycles. The summed E-state index contributed by atoms with van der Waals surface area (Å²) in [6, 6.07) is 8.16. The Hall–Kier alpha value is -1.35. The summed E-state index contributed by atoms with van der Waals surface area (Å²) >= 11 is 0. The highest BCUT2D eigenvalue weighted by atomic mass is 127. The third-order valence-electron chi connectivity index (χ3n) is 4.23. The van der Waals surface area contributed by atoms with Gasteiger partial charge in [0.1, 0.15) is 0 Å². The Morgan fingerprint density at radius 1 is 1.23 bits per heavy atom. The van der Waals surface area contributed by atoms with E-state index in [4.69, 9.17) is 4.74 Å². The van der Waals surface area contributed by atoms with E-state index in [0.717, 1.165) is 63.8 Å². The second kappa shape index (κ2) is 12.9. The van der Waals surface area contributed by atoms with Crippen LogP contribution in [-0.4, -0.2) is 51.8 Å². The Balaban J connectivity index is 0.00000338. The Morgan fingerprint density at radius 2 is 1.96 bits per heavy atom. The first-order valence-electron chi connectivity index (χ1n) is 9.16. The zero-order valence-electron chi connectivity index (χ0n) is 15.8. The van der Waals surface area contributed by atoms with Crippen molar-refractivity contribution in [1.82, 2.24) is 10.6 Å². The van der Waals surface area contributed by atoms with Gasteiger partial charge >= 0.3 is 0 Å². The van der Waals surface area contributed by atoms with Gasteiger partial charge in [-0.15, -0.1) is 24.0 Å². The number of nitrogens with one attached hydrogen (secondary N) is 2. The average molecular weight is 474 g/mol. The van der Waals surface area contributed by atoms with Gasteiger partial charge in [0, 0.05) is 52.0 Å². The van der Waals surface area contributed by atoms with Crippen LogP contribution in [0.4, 0.5) is 5.69 Å². The predicted octanol–water partition coefficient (Wildman–Crippen LogP) is 2.57. The predicted molar refractivity (Wildman–Crippen MR) is 118 cm³/mol. The summed E-state index contributed by atoms with van der Waals surface area (Å²) in [4.78, 5) is 18.5. The number of nitrogens with zero attached hydrogens (tertiary/aromatic N) is 2. The summed E-state index contributed by atoms with van der Waals surface area (Å²) in [5.41, 5.74) is 2.35.